The molecule has 0 aromatic carbocycles. The highest BCUT2D eigenvalue weighted by atomic mass is 32.2. The first-order valence-corrected chi connectivity index (χ1v) is 10.2. The standard InChI is InChI=1S/C18H19N5O4S/c1-13-17-21-16(18(24)20-10-14-4-3-9-27-14)12-22(17)7-8-23(13)28(25,26)15-5-2-6-19-11-15/h2-6,9,11-13H,7-8,10H2,1H3,(H,20,24). The Labute approximate surface area is 162 Å². The lowest BCUT2D eigenvalue weighted by Gasteiger charge is -2.32. The summed E-state index contributed by atoms with van der Waals surface area (Å²) in [6.45, 7) is 2.72. The molecule has 0 spiro atoms. The minimum absolute atomic E-state index is 0.137. The summed E-state index contributed by atoms with van der Waals surface area (Å²) < 4.78 is 34.3. The topological polar surface area (TPSA) is 110 Å². The third kappa shape index (κ3) is 3.32. The van der Waals surface area contributed by atoms with Crippen molar-refractivity contribution in [1.82, 2.24) is 24.2 Å². The van der Waals surface area contributed by atoms with Crippen LogP contribution in [0.3, 0.4) is 0 Å². The lowest BCUT2D eigenvalue weighted by Crippen LogP contribution is -2.41. The van der Waals surface area contributed by atoms with E-state index in [0.717, 1.165) is 0 Å². The van der Waals surface area contributed by atoms with Gasteiger partial charge >= 0.3 is 0 Å². The number of nitrogens with zero attached hydrogens (tertiary/aromatic N) is 4. The summed E-state index contributed by atoms with van der Waals surface area (Å²) in [6, 6.07) is 6.11. The van der Waals surface area contributed by atoms with Crippen LogP contribution in [0.15, 0.2) is 58.4 Å². The lowest BCUT2D eigenvalue weighted by atomic mass is 10.2. The first kappa shape index (κ1) is 18.4. The first-order valence-electron chi connectivity index (χ1n) is 8.76. The zero-order valence-corrected chi connectivity index (χ0v) is 16.0. The van der Waals surface area contributed by atoms with E-state index >= 15 is 0 Å². The second-order valence-electron chi connectivity index (χ2n) is 6.42. The maximum Gasteiger partial charge on any atom is 0.271 e. The van der Waals surface area contributed by atoms with E-state index in [1.165, 1.54) is 29.0 Å². The van der Waals surface area contributed by atoms with Crippen LogP contribution in [-0.2, 0) is 23.1 Å². The van der Waals surface area contributed by atoms with E-state index in [-0.39, 0.29) is 29.6 Å². The molecule has 0 fully saturated rings. The number of aromatic nitrogens is 3. The minimum atomic E-state index is -3.70. The van der Waals surface area contributed by atoms with Crippen LogP contribution in [0.1, 0.15) is 35.0 Å². The molecule has 3 aromatic rings. The Kier molecular flexibility index (Phi) is 4.73. The molecule has 1 aliphatic heterocycles. The average Bonchev–Trinajstić information content (AvgIpc) is 3.37. The molecule has 0 bridgehead atoms. The summed E-state index contributed by atoms with van der Waals surface area (Å²) in [5.74, 6) is 0.827. The van der Waals surface area contributed by atoms with Gasteiger partial charge in [-0.25, -0.2) is 13.4 Å². The number of rotatable bonds is 5. The van der Waals surface area contributed by atoms with Gasteiger partial charge in [-0.1, -0.05) is 0 Å². The van der Waals surface area contributed by atoms with Gasteiger partial charge in [-0.15, -0.1) is 0 Å². The van der Waals surface area contributed by atoms with E-state index in [0.29, 0.717) is 18.1 Å². The van der Waals surface area contributed by atoms with Crippen molar-refractivity contribution < 1.29 is 17.6 Å². The maximum atomic E-state index is 12.9. The molecule has 1 N–H and O–H groups in total. The van der Waals surface area contributed by atoms with E-state index in [2.05, 4.69) is 15.3 Å². The van der Waals surface area contributed by atoms with Crippen LogP contribution in [0.4, 0.5) is 0 Å². The number of hydrogen-bond donors (Lipinski definition) is 1. The fraction of sp³-hybridized carbons (Fsp3) is 0.278. The number of fused-ring (bicyclic) bond motifs is 1. The molecule has 1 amide bonds. The molecule has 10 heteroatoms. The number of nitrogens with one attached hydrogen (secondary N) is 1. The Morgan fingerprint density at radius 3 is 2.89 bits per heavy atom. The molecule has 0 radical (unpaired) electrons. The van der Waals surface area contributed by atoms with Crippen molar-refractivity contribution in [3.05, 3.63) is 66.4 Å². The van der Waals surface area contributed by atoms with Gasteiger partial charge in [-0.3, -0.25) is 9.78 Å². The van der Waals surface area contributed by atoms with Gasteiger partial charge in [0.05, 0.1) is 18.8 Å². The summed E-state index contributed by atoms with van der Waals surface area (Å²) in [5.41, 5.74) is 0.244. The van der Waals surface area contributed by atoms with Crippen LogP contribution in [0.5, 0.6) is 0 Å². The summed E-state index contributed by atoms with van der Waals surface area (Å²) in [6.07, 6.45) is 6.04. The molecule has 1 aliphatic rings. The van der Waals surface area contributed by atoms with E-state index in [1.807, 2.05) is 4.57 Å². The van der Waals surface area contributed by atoms with Gasteiger partial charge in [0.2, 0.25) is 10.0 Å². The number of furan rings is 1. The van der Waals surface area contributed by atoms with Crippen molar-refractivity contribution in [3.8, 4) is 0 Å². The molecule has 28 heavy (non-hydrogen) atoms. The molecule has 4 heterocycles. The Hall–Kier alpha value is -2.98. The molecule has 9 nitrogen and oxygen atoms in total. The predicted molar refractivity (Wildman–Crippen MR) is 98.6 cm³/mol. The number of hydrogen-bond acceptors (Lipinski definition) is 6. The average molecular weight is 401 g/mol. The van der Waals surface area contributed by atoms with Crippen LogP contribution in [0, 0.1) is 0 Å². The molecule has 0 saturated carbocycles. The summed E-state index contributed by atoms with van der Waals surface area (Å²) in [7, 11) is -3.70. The number of pyridine rings is 1. The smallest absolute Gasteiger partial charge is 0.271 e. The van der Waals surface area contributed by atoms with Crippen LogP contribution in [0.2, 0.25) is 0 Å². The Bertz CT molecular complexity index is 1080. The van der Waals surface area contributed by atoms with Gasteiger partial charge in [0, 0.05) is 31.7 Å². The maximum absolute atomic E-state index is 12.9. The summed E-state index contributed by atoms with van der Waals surface area (Å²) in [5, 5.41) is 2.74. The number of carbonyl (C=O) groups is 1. The van der Waals surface area contributed by atoms with Crippen molar-refractivity contribution >= 4 is 15.9 Å². The second kappa shape index (κ2) is 7.21. The van der Waals surface area contributed by atoms with Crippen molar-refractivity contribution in [2.45, 2.75) is 31.0 Å². The molecular formula is C18H19N5O4S. The number of imidazole rings is 1. The van der Waals surface area contributed by atoms with Crippen molar-refractivity contribution in [2.24, 2.45) is 0 Å². The van der Waals surface area contributed by atoms with Crippen molar-refractivity contribution in [1.29, 1.82) is 0 Å². The number of sulfonamides is 1. The number of carbonyl (C=O) groups excluding carboxylic acids is 1. The van der Waals surface area contributed by atoms with Crippen LogP contribution in [-0.4, -0.2) is 39.7 Å². The van der Waals surface area contributed by atoms with Crippen molar-refractivity contribution in [2.75, 3.05) is 6.54 Å². The van der Waals surface area contributed by atoms with Gasteiger partial charge in [0.1, 0.15) is 22.2 Å². The zero-order valence-electron chi connectivity index (χ0n) is 15.1. The summed E-state index contributed by atoms with van der Waals surface area (Å²) >= 11 is 0. The fourth-order valence-corrected chi connectivity index (χ4v) is 4.76. The minimum Gasteiger partial charge on any atom is -0.467 e. The van der Waals surface area contributed by atoms with Gasteiger partial charge in [-0.05, 0) is 31.2 Å². The molecule has 146 valence electrons. The van der Waals surface area contributed by atoms with E-state index in [9.17, 15) is 13.2 Å². The van der Waals surface area contributed by atoms with Gasteiger partial charge in [-0.2, -0.15) is 4.31 Å². The molecule has 0 saturated heterocycles. The van der Waals surface area contributed by atoms with Gasteiger partial charge in [0.25, 0.3) is 5.91 Å². The Morgan fingerprint density at radius 2 is 2.18 bits per heavy atom. The third-order valence-electron chi connectivity index (χ3n) is 4.65. The quantitative estimate of drug-likeness (QED) is 0.695. The lowest BCUT2D eigenvalue weighted by molar-refractivity contribution is 0.0943. The van der Waals surface area contributed by atoms with E-state index in [1.54, 1.807) is 31.3 Å². The van der Waals surface area contributed by atoms with E-state index in [4.69, 9.17) is 4.42 Å². The molecule has 4 rings (SSSR count). The monoisotopic (exact) mass is 401 g/mol. The van der Waals surface area contributed by atoms with E-state index < -0.39 is 16.1 Å². The molecule has 3 aromatic heterocycles. The molecular weight excluding hydrogens is 382 g/mol. The highest BCUT2D eigenvalue weighted by Gasteiger charge is 2.36. The zero-order chi connectivity index (χ0) is 19.7. The Morgan fingerprint density at radius 1 is 1.32 bits per heavy atom. The first-order chi connectivity index (χ1) is 13.5. The SMILES string of the molecule is CC1c2nc(C(=O)NCc3ccco3)cn2CCN1S(=O)(=O)c1cccnc1. The Balaban J connectivity index is 1.54. The fourth-order valence-electron chi connectivity index (χ4n) is 3.22. The van der Waals surface area contributed by atoms with Gasteiger partial charge < -0.3 is 14.3 Å². The third-order valence-corrected chi connectivity index (χ3v) is 6.60. The number of amides is 1. The second-order valence-corrected chi connectivity index (χ2v) is 8.31. The largest absolute Gasteiger partial charge is 0.467 e. The molecule has 0 aliphatic carbocycles. The van der Waals surface area contributed by atoms with Crippen LogP contribution in [0.25, 0.3) is 0 Å². The predicted octanol–water partition coefficient (Wildman–Crippen LogP) is 1.57. The normalized spacial score (nSPS) is 17.2. The highest BCUT2D eigenvalue weighted by molar-refractivity contribution is 7.89. The van der Waals surface area contributed by atoms with Gasteiger partial charge in [0.15, 0.2) is 0 Å². The molecule has 1 unspecified atom stereocenters. The molecule has 1 atom stereocenters. The highest BCUT2D eigenvalue weighted by Crippen LogP contribution is 2.30. The van der Waals surface area contributed by atoms with Crippen molar-refractivity contribution in [3.63, 3.8) is 0 Å². The van der Waals surface area contributed by atoms with Crippen LogP contribution >= 0.6 is 0 Å². The summed E-state index contributed by atoms with van der Waals surface area (Å²) in [4.78, 5) is 20.8. The van der Waals surface area contributed by atoms with Crippen LogP contribution < -0.4 is 5.32 Å².